The van der Waals surface area contributed by atoms with Crippen molar-refractivity contribution in [2.24, 2.45) is 0 Å². The SMILES string of the molecule is C=C(CCC(=O)O)C(c1ccccc1)[N+](=O)[O-]. The Kier molecular flexibility index (Phi) is 4.39. The molecule has 0 heterocycles. The van der Waals surface area contributed by atoms with Crippen LogP contribution in [0.4, 0.5) is 0 Å². The highest BCUT2D eigenvalue weighted by molar-refractivity contribution is 5.67. The third-order valence-electron chi connectivity index (χ3n) is 2.37. The molecule has 5 nitrogen and oxygen atoms in total. The number of carbonyl (C=O) groups is 1. The lowest BCUT2D eigenvalue weighted by Crippen LogP contribution is -2.13. The molecule has 0 fully saturated rings. The number of hydrogen-bond acceptors (Lipinski definition) is 3. The molecule has 0 saturated carbocycles. The number of hydrogen-bond donors (Lipinski definition) is 1. The van der Waals surface area contributed by atoms with Crippen LogP contribution in [0.3, 0.4) is 0 Å². The zero-order valence-electron chi connectivity index (χ0n) is 9.20. The van der Waals surface area contributed by atoms with Gasteiger partial charge in [-0.25, -0.2) is 0 Å². The number of aliphatic carboxylic acids is 1. The van der Waals surface area contributed by atoms with E-state index in [0.717, 1.165) is 0 Å². The summed E-state index contributed by atoms with van der Waals surface area (Å²) in [5, 5.41) is 19.5. The molecule has 1 atom stereocenters. The van der Waals surface area contributed by atoms with Gasteiger partial charge in [0.25, 0.3) is 6.04 Å². The summed E-state index contributed by atoms with van der Waals surface area (Å²) in [7, 11) is 0. The third-order valence-corrected chi connectivity index (χ3v) is 2.37. The smallest absolute Gasteiger partial charge is 0.303 e. The Balaban J connectivity index is 2.84. The van der Waals surface area contributed by atoms with Crippen LogP contribution in [0.15, 0.2) is 42.5 Å². The molecule has 1 N–H and O–H groups in total. The summed E-state index contributed by atoms with van der Waals surface area (Å²) in [6.07, 6.45) is -0.0358. The maximum absolute atomic E-state index is 11.0. The van der Waals surface area contributed by atoms with E-state index in [2.05, 4.69) is 6.58 Å². The van der Waals surface area contributed by atoms with Crippen molar-refractivity contribution in [1.29, 1.82) is 0 Å². The third kappa shape index (κ3) is 3.71. The second kappa shape index (κ2) is 5.79. The van der Waals surface area contributed by atoms with E-state index in [1.807, 2.05) is 0 Å². The molecule has 1 unspecified atom stereocenters. The minimum absolute atomic E-state index is 0.107. The molecule has 0 saturated heterocycles. The lowest BCUT2D eigenvalue weighted by molar-refractivity contribution is -0.518. The van der Waals surface area contributed by atoms with Gasteiger partial charge < -0.3 is 5.11 Å². The van der Waals surface area contributed by atoms with Gasteiger partial charge >= 0.3 is 5.97 Å². The highest BCUT2D eigenvalue weighted by atomic mass is 16.6. The number of nitrogens with zero attached hydrogens (tertiary/aromatic N) is 1. The molecule has 0 aliphatic heterocycles. The molecule has 1 aromatic carbocycles. The Morgan fingerprint density at radius 1 is 1.35 bits per heavy atom. The van der Waals surface area contributed by atoms with Crippen LogP contribution in [0.1, 0.15) is 24.4 Å². The summed E-state index contributed by atoms with van der Waals surface area (Å²) in [4.78, 5) is 21.0. The van der Waals surface area contributed by atoms with Crippen LogP contribution in [0.25, 0.3) is 0 Å². The Bertz CT molecular complexity index is 427. The summed E-state index contributed by atoms with van der Waals surface area (Å²) in [6.45, 7) is 3.62. The Hall–Kier alpha value is -2.17. The summed E-state index contributed by atoms with van der Waals surface area (Å²) >= 11 is 0. The fraction of sp³-hybridized carbons (Fsp3) is 0.250. The van der Waals surface area contributed by atoms with Crippen molar-refractivity contribution in [3.05, 3.63) is 58.2 Å². The van der Waals surface area contributed by atoms with Gasteiger partial charge in [-0.15, -0.1) is 0 Å². The van der Waals surface area contributed by atoms with Gasteiger partial charge in [-0.2, -0.15) is 0 Å². The Labute approximate surface area is 98.5 Å². The van der Waals surface area contributed by atoms with E-state index in [1.165, 1.54) is 0 Å². The Morgan fingerprint density at radius 3 is 2.41 bits per heavy atom. The molecule has 0 radical (unpaired) electrons. The van der Waals surface area contributed by atoms with Crippen LogP contribution in [-0.2, 0) is 4.79 Å². The molecule has 0 aromatic heterocycles. The van der Waals surface area contributed by atoms with Crippen molar-refractivity contribution in [3.8, 4) is 0 Å². The van der Waals surface area contributed by atoms with Crippen molar-refractivity contribution in [3.63, 3.8) is 0 Å². The standard InChI is InChI=1S/C12H13NO4/c1-9(7-8-11(14)15)12(13(16)17)10-5-3-2-4-6-10/h2-6,12H,1,7-8H2,(H,14,15). The molecular weight excluding hydrogens is 222 g/mol. The lowest BCUT2D eigenvalue weighted by atomic mass is 9.97. The first-order valence-corrected chi connectivity index (χ1v) is 5.10. The fourth-order valence-corrected chi connectivity index (χ4v) is 1.55. The number of rotatable bonds is 6. The van der Waals surface area contributed by atoms with Crippen molar-refractivity contribution in [1.82, 2.24) is 0 Å². The largest absolute Gasteiger partial charge is 0.481 e. The van der Waals surface area contributed by atoms with E-state index < -0.39 is 16.9 Å². The van der Waals surface area contributed by atoms with Crippen molar-refractivity contribution < 1.29 is 14.8 Å². The first-order chi connectivity index (χ1) is 8.02. The second-order valence-corrected chi connectivity index (χ2v) is 3.65. The van der Waals surface area contributed by atoms with Crippen molar-refractivity contribution >= 4 is 5.97 Å². The number of benzene rings is 1. The Morgan fingerprint density at radius 2 is 1.94 bits per heavy atom. The first kappa shape index (κ1) is 12.9. The summed E-state index contributed by atoms with van der Waals surface area (Å²) in [6, 6.07) is 7.42. The predicted octanol–water partition coefficient (Wildman–Crippen LogP) is 2.43. The van der Waals surface area contributed by atoms with Crippen LogP contribution < -0.4 is 0 Å². The molecular formula is C12H13NO4. The molecule has 5 heteroatoms. The van der Waals surface area contributed by atoms with Gasteiger partial charge in [0.2, 0.25) is 0 Å². The molecule has 17 heavy (non-hydrogen) atoms. The van der Waals surface area contributed by atoms with Gasteiger partial charge in [-0.05, 0) is 6.42 Å². The molecule has 0 aliphatic carbocycles. The topological polar surface area (TPSA) is 80.4 Å². The van der Waals surface area contributed by atoms with E-state index in [1.54, 1.807) is 30.3 Å². The fourth-order valence-electron chi connectivity index (χ4n) is 1.55. The highest BCUT2D eigenvalue weighted by Gasteiger charge is 2.25. The highest BCUT2D eigenvalue weighted by Crippen LogP contribution is 2.26. The van der Waals surface area contributed by atoms with Gasteiger partial charge in [0, 0.05) is 22.5 Å². The van der Waals surface area contributed by atoms with Crippen molar-refractivity contribution in [2.45, 2.75) is 18.9 Å². The average Bonchev–Trinajstić information content (AvgIpc) is 2.27. The van der Waals surface area contributed by atoms with Crippen LogP contribution in [0, 0.1) is 10.1 Å². The van der Waals surface area contributed by atoms with Crippen LogP contribution in [0.5, 0.6) is 0 Å². The molecule has 0 aliphatic rings. The molecule has 1 aromatic rings. The summed E-state index contributed by atoms with van der Waals surface area (Å²) in [5.41, 5.74) is 0.830. The van der Waals surface area contributed by atoms with Gasteiger partial charge in [-0.3, -0.25) is 14.9 Å². The van der Waals surface area contributed by atoms with Gasteiger partial charge in [-0.1, -0.05) is 36.9 Å². The summed E-state index contributed by atoms with van der Waals surface area (Å²) < 4.78 is 0. The zero-order chi connectivity index (χ0) is 12.8. The lowest BCUT2D eigenvalue weighted by Gasteiger charge is -2.11. The normalized spacial score (nSPS) is 11.8. The minimum atomic E-state index is -1.03. The zero-order valence-corrected chi connectivity index (χ0v) is 9.20. The van der Waals surface area contributed by atoms with E-state index in [-0.39, 0.29) is 12.8 Å². The predicted molar refractivity (Wildman–Crippen MR) is 62.2 cm³/mol. The van der Waals surface area contributed by atoms with Crippen LogP contribution in [0.2, 0.25) is 0 Å². The van der Waals surface area contributed by atoms with E-state index >= 15 is 0 Å². The average molecular weight is 235 g/mol. The van der Waals surface area contributed by atoms with Gasteiger partial charge in [0.1, 0.15) is 0 Å². The van der Waals surface area contributed by atoms with Gasteiger partial charge in [0.05, 0.1) is 0 Å². The van der Waals surface area contributed by atoms with Crippen LogP contribution in [-0.4, -0.2) is 16.0 Å². The maximum atomic E-state index is 11.0. The molecule has 90 valence electrons. The number of nitro groups is 1. The van der Waals surface area contributed by atoms with E-state index in [9.17, 15) is 14.9 Å². The molecule has 1 rings (SSSR count). The molecule has 0 amide bonds. The quantitative estimate of drug-likeness (QED) is 0.466. The van der Waals surface area contributed by atoms with Crippen LogP contribution >= 0.6 is 0 Å². The summed E-state index contributed by atoms with van der Waals surface area (Å²) in [5.74, 6) is -0.985. The molecule has 0 bridgehead atoms. The minimum Gasteiger partial charge on any atom is -0.481 e. The van der Waals surface area contributed by atoms with Gasteiger partial charge in [0.15, 0.2) is 0 Å². The van der Waals surface area contributed by atoms with E-state index in [0.29, 0.717) is 11.1 Å². The number of carboxylic acid groups (broad SMARTS) is 1. The first-order valence-electron chi connectivity index (χ1n) is 5.10. The van der Waals surface area contributed by atoms with Crippen molar-refractivity contribution in [2.75, 3.05) is 0 Å². The number of carboxylic acids is 1. The van der Waals surface area contributed by atoms with E-state index in [4.69, 9.17) is 5.11 Å². The molecule has 0 spiro atoms. The second-order valence-electron chi connectivity index (χ2n) is 3.65. The monoisotopic (exact) mass is 235 g/mol. The maximum Gasteiger partial charge on any atom is 0.303 e.